The maximum Gasteiger partial charge on any atom is 0.0313 e. The molecule has 2 nitrogen and oxygen atoms in total. The SMILES string of the molecule is Cc1cccc(C)c1.Nc1ccccc1.Nc1ccccc1. The summed E-state index contributed by atoms with van der Waals surface area (Å²) in [6.45, 7) is 4.21. The summed E-state index contributed by atoms with van der Waals surface area (Å²) in [6, 6.07) is 27.4. The number of benzene rings is 3. The van der Waals surface area contributed by atoms with Crippen molar-refractivity contribution in [1.82, 2.24) is 0 Å². The zero-order valence-electron chi connectivity index (χ0n) is 13.2. The number of aryl methyl sites for hydroxylation is 2. The second-order valence-corrected chi connectivity index (χ2v) is 4.98. The Hall–Kier alpha value is -2.74. The van der Waals surface area contributed by atoms with Gasteiger partial charge in [-0.15, -0.1) is 0 Å². The molecule has 114 valence electrons. The summed E-state index contributed by atoms with van der Waals surface area (Å²) in [5.41, 5.74) is 15.0. The van der Waals surface area contributed by atoms with Gasteiger partial charge in [-0.25, -0.2) is 0 Å². The Labute approximate surface area is 133 Å². The van der Waals surface area contributed by atoms with Crippen molar-refractivity contribution in [2.24, 2.45) is 0 Å². The van der Waals surface area contributed by atoms with Crippen LogP contribution in [0.4, 0.5) is 11.4 Å². The lowest BCUT2D eigenvalue weighted by atomic mass is 10.2. The first-order chi connectivity index (χ1) is 10.6. The van der Waals surface area contributed by atoms with Gasteiger partial charge in [0.1, 0.15) is 0 Å². The topological polar surface area (TPSA) is 52.0 Å². The van der Waals surface area contributed by atoms with E-state index in [-0.39, 0.29) is 0 Å². The van der Waals surface area contributed by atoms with Crippen LogP contribution in [0.15, 0.2) is 84.9 Å². The minimum absolute atomic E-state index is 0.822. The van der Waals surface area contributed by atoms with Crippen LogP contribution in [0.5, 0.6) is 0 Å². The second-order valence-electron chi connectivity index (χ2n) is 4.98. The van der Waals surface area contributed by atoms with Crippen LogP contribution in [0.25, 0.3) is 0 Å². The number of hydrogen-bond acceptors (Lipinski definition) is 2. The third kappa shape index (κ3) is 8.43. The van der Waals surface area contributed by atoms with Gasteiger partial charge in [-0.05, 0) is 38.1 Å². The molecule has 0 saturated carbocycles. The van der Waals surface area contributed by atoms with Gasteiger partial charge in [0, 0.05) is 11.4 Å². The Balaban J connectivity index is 0.000000166. The van der Waals surface area contributed by atoms with E-state index in [9.17, 15) is 0 Å². The van der Waals surface area contributed by atoms with Crippen LogP contribution in [0.2, 0.25) is 0 Å². The van der Waals surface area contributed by atoms with Gasteiger partial charge in [-0.1, -0.05) is 71.8 Å². The molecule has 3 aromatic rings. The smallest absolute Gasteiger partial charge is 0.0313 e. The lowest BCUT2D eigenvalue weighted by Crippen LogP contribution is -1.79. The van der Waals surface area contributed by atoms with E-state index in [2.05, 4.69) is 38.1 Å². The number of nitrogens with two attached hydrogens (primary N) is 2. The van der Waals surface area contributed by atoms with Crippen LogP contribution in [-0.4, -0.2) is 0 Å². The molecule has 0 heterocycles. The van der Waals surface area contributed by atoms with Crippen LogP contribution < -0.4 is 11.5 Å². The van der Waals surface area contributed by atoms with Crippen LogP contribution in [0.3, 0.4) is 0 Å². The van der Waals surface area contributed by atoms with E-state index in [1.165, 1.54) is 11.1 Å². The monoisotopic (exact) mass is 292 g/mol. The molecule has 0 amide bonds. The molecule has 0 spiro atoms. The summed E-state index contributed by atoms with van der Waals surface area (Å²) in [5, 5.41) is 0. The number of nitrogen functional groups attached to an aromatic ring is 2. The first-order valence-corrected chi connectivity index (χ1v) is 7.22. The van der Waals surface area contributed by atoms with Gasteiger partial charge in [0.05, 0.1) is 0 Å². The van der Waals surface area contributed by atoms with E-state index < -0.39 is 0 Å². The first kappa shape index (κ1) is 17.3. The third-order valence-electron chi connectivity index (χ3n) is 2.77. The highest BCUT2D eigenvalue weighted by molar-refractivity contribution is 5.36. The molecule has 0 aliphatic carbocycles. The summed E-state index contributed by atoms with van der Waals surface area (Å²) in [7, 11) is 0. The largest absolute Gasteiger partial charge is 0.399 e. The van der Waals surface area contributed by atoms with Gasteiger partial charge < -0.3 is 11.5 Å². The molecule has 0 aliphatic heterocycles. The predicted octanol–water partition coefficient (Wildman–Crippen LogP) is 4.84. The molecular formula is C20H24N2. The molecule has 22 heavy (non-hydrogen) atoms. The van der Waals surface area contributed by atoms with Crippen LogP contribution in [0, 0.1) is 13.8 Å². The quantitative estimate of drug-likeness (QED) is 0.582. The minimum Gasteiger partial charge on any atom is -0.399 e. The van der Waals surface area contributed by atoms with Crippen molar-refractivity contribution in [1.29, 1.82) is 0 Å². The van der Waals surface area contributed by atoms with E-state index >= 15 is 0 Å². The molecule has 0 unspecified atom stereocenters. The lowest BCUT2D eigenvalue weighted by molar-refractivity contribution is 1.39. The summed E-state index contributed by atoms with van der Waals surface area (Å²) in [6.07, 6.45) is 0. The summed E-state index contributed by atoms with van der Waals surface area (Å²) in [4.78, 5) is 0. The van der Waals surface area contributed by atoms with Crippen molar-refractivity contribution in [2.75, 3.05) is 11.5 Å². The van der Waals surface area contributed by atoms with Crippen LogP contribution in [-0.2, 0) is 0 Å². The molecule has 4 N–H and O–H groups in total. The highest BCUT2D eigenvalue weighted by atomic mass is 14.5. The van der Waals surface area contributed by atoms with Crippen molar-refractivity contribution in [3.8, 4) is 0 Å². The Bertz CT molecular complexity index is 579. The van der Waals surface area contributed by atoms with E-state index in [0.29, 0.717) is 0 Å². The molecular weight excluding hydrogens is 268 g/mol. The highest BCUT2D eigenvalue weighted by Crippen LogP contribution is 2.00. The molecule has 3 aromatic carbocycles. The van der Waals surface area contributed by atoms with Crippen molar-refractivity contribution in [2.45, 2.75) is 13.8 Å². The molecule has 0 aromatic heterocycles. The molecule has 2 heteroatoms. The Morgan fingerprint density at radius 1 is 0.500 bits per heavy atom. The Morgan fingerprint density at radius 2 is 0.864 bits per heavy atom. The minimum atomic E-state index is 0.822. The van der Waals surface area contributed by atoms with E-state index in [0.717, 1.165) is 11.4 Å². The standard InChI is InChI=1S/C8H10.2C6H7N/c1-7-4-3-5-8(2)6-7;2*7-6-4-2-1-3-5-6/h3-6H,1-2H3;2*1-5H,7H2. The Kier molecular flexibility index (Phi) is 7.91. The van der Waals surface area contributed by atoms with Crippen LogP contribution >= 0.6 is 0 Å². The highest BCUT2D eigenvalue weighted by Gasteiger charge is 1.80. The normalized spacial score (nSPS) is 8.82. The maximum atomic E-state index is 5.36. The van der Waals surface area contributed by atoms with E-state index in [1.807, 2.05) is 60.7 Å². The number of hydrogen-bond donors (Lipinski definition) is 2. The number of rotatable bonds is 0. The van der Waals surface area contributed by atoms with Crippen molar-refractivity contribution in [3.05, 3.63) is 96.1 Å². The number of anilines is 2. The first-order valence-electron chi connectivity index (χ1n) is 7.22. The molecule has 0 aliphatic rings. The molecule has 0 fully saturated rings. The van der Waals surface area contributed by atoms with Crippen molar-refractivity contribution < 1.29 is 0 Å². The second kappa shape index (κ2) is 10.1. The number of para-hydroxylation sites is 2. The molecule has 0 bridgehead atoms. The van der Waals surface area contributed by atoms with Crippen molar-refractivity contribution >= 4 is 11.4 Å². The van der Waals surface area contributed by atoms with E-state index in [4.69, 9.17) is 11.5 Å². The van der Waals surface area contributed by atoms with E-state index in [1.54, 1.807) is 0 Å². The van der Waals surface area contributed by atoms with Gasteiger partial charge >= 0.3 is 0 Å². The molecule has 0 saturated heterocycles. The van der Waals surface area contributed by atoms with Crippen LogP contribution in [0.1, 0.15) is 11.1 Å². The zero-order chi connectivity index (χ0) is 16.2. The summed E-state index contributed by atoms with van der Waals surface area (Å²) < 4.78 is 0. The predicted molar refractivity (Wildman–Crippen MR) is 97.6 cm³/mol. The summed E-state index contributed by atoms with van der Waals surface area (Å²) in [5.74, 6) is 0. The van der Waals surface area contributed by atoms with Gasteiger partial charge in [0.25, 0.3) is 0 Å². The van der Waals surface area contributed by atoms with Crippen molar-refractivity contribution in [3.63, 3.8) is 0 Å². The average molecular weight is 292 g/mol. The van der Waals surface area contributed by atoms with Gasteiger partial charge in [-0.3, -0.25) is 0 Å². The average Bonchev–Trinajstić information content (AvgIpc) is 2.50. The van der Waals surface area contributed by atoms with Gasteiger partial charge in [-0.2, -0.15) is 0 Å². The Morgan fingerprint density at radius 3 is 1.05 bits per heavy atom. The van der Waals surface area contributed by atoms with Gasteiger partial charge in [0.2, 0.25) is 0 Å². The maximum absolute atomic E-state index is 5.36. The zero-order valence-corrected chi connectivity index (χ0v) is 13.2. The molecule has 3 rings (SSSR count). The lowest BCUT2D eigenvalue weighted by Gasteiger charge is -1.90. The summed E-state index contributed by atoms with van der Waals surface area (Å²) >= 11 is 0. The van der Waals surface area contributed by atoms with Gasteiger partial charge in [0.15, 0.2) is 0 Å². The fourth-order valence-corrected chi connectivity index (χ4v) is 1.71. The molecule has 0 radical (unpaired) electrons. The molecule has 0 atom stereocenters. The third-order valence-corrected chi connectivity index (χ3v) is 2.77. The fourth-order valence-electron chi connectivity index (χ4n) is 1.71. The fraction of sp³-hybridized carbons (Fsp3) is 0.100.